The second-order valence-electron chi connectivity index (χ2n) is 3.67. The molecule has 17 heavy (non-hydrogen) atoms. The van der Waals surface area contributed by atoms with Crippen LogP contribution in [0.25, 0.3) is 0 Å². The lowest BCUT2D eigenvalue weighted by molar-refractivity contribution is -0.132. The molecule has 6 heteroatoms. The van der Waals surface area contributed by atoms with Crippen LogP contribution in [-0.2, 0) is 16.1 Å². The fourth-order valence-corrected chi connectivity index (χ4v) is 1.43. The average molecular weight is 259 g/mol. The third-order valence-electron chi connectivity index (χ3n) is 2.18. The molecule has 94 valence electrons. The first-order valence-corrected chi connectivity index (χ1v) is 5.68. The predicted molar refractivity (Wildman–Crippen MR) is 63.6 cm³/mol. The second-order valence-corrected chi connectivity index (χ2v) is 3.94. The summed E-state index contributed by atoms with van der Waals surface area (Å²) in [5.74, 6) is 0.822. The van der Waals surface area contributed by atoms with E-state index in [-0.39, 0.29) is 24.2 Å². The Morgan fingerprint density at radius 1 is 1.47 bits per heavy atom. The van der Waals surface area contributed by atoms with E-state index in [4.69, 9.17) is 16.0 Å². The number of amides is 2. The fraction of sp³-hybridized carbons (Fsp3) is 0.455. The molecule has 1 aromatic rings. The molecule has 1 N–H and O–H groups in total. The Hall–Kier alpha value is -1.49. The van der Waals surface area contributed by atoms with Gasteiger partial charge in [0.25, 0.3) is 0 Å². The number of hydrogen-bond donors (Lipinski definition) is 1. The van der Waals surface area contributed by atoms with E-state index in [1.54, 1.807) is 6.07 Å². The van der Waals surface area contributed by atoms with Gasteiger partial charge in [-0.3, -0.25) is 9.59 Å². The van der Waals surface area contributed by atoms with Crippen LogP contribution in [0.2, 0.25) is 0 Å². The van der Waals surface area contributed by atoms with E-state index in [0.29, 0.717) is 12.3 Å². The minimum absolute atomic E-state index is 0.00869. The molecule has 0 saturated heterocycles. The highest BCUT2D eigenvalue weighted by molar-refractivity contribution is 6.27. The highest BCUT2D eigenvalue weighted by atomic mass is 35.5. The molecule has 0 radical (unpaired) electrons. The molecule has 5 nitrogen and oxygen atoms in total. The lowest BCUT2D eigenvalue weighted by atomic mass is 10.4. The number of nitrogens with zero attached hydrogens (tertiary/aromatic N) is 1. The summed E-state index contributed by atoms with van der Waals surface area (Å²) >= 11 is 5.37. The van der Waals surface area contributed by atoms with E-state index in [1.807, 2.05) is 13.0 Å². The van der Waals surface area contributed by atoms with Crippen LogP contribution in [-0.4, -0.2) is 36.2 Å². The molecule has 0 aromatic carbocycles. The van der Waals surface area contributed by atoms with E-state index >= 15 is 0 Å². The number of furan rings is 1. The van der Waals surface area contributed by atoms with Crippen LogP contribution in [0.5, 0.6) is 0 Å². The summed E-state index contributed by atoms with van der Waals surface area (Å²) in [6.07, 6.45) is 0. The van der Waals surface area contributed by atoms with Crippen molar-refractivity contribution in [1.29, 1.82) is 0 Å². The molecule has 0 unspecified atom stereocenters. The minimum atomic E-state index is -0.282. The average Bonchev–Trinajstić information content (AvgIpc) is 2.71. The lowest BCUT2D eigenvalue weighted by Gasteiger charge is -2.14. The van der Waals surface area contributed by atoms with Gasteiger partial charge in [-0.2, -0.15) is 0 Å². The van der Waals surface area contributed by atoms with E-state index in [0.717, 1.165) is 5.76 Å². The number of hydrogen-bond acceptors (Lipinski definition) is 3. The third-order valence-corrected chi connectivity index (χ3v) is 2.41. The number of carbonyl (C=O) groups excluding carboxylic acids is 2. The number of halogens is 1. The second kappa shape index (κ2) is 6.30. The summed E-state index contributed by atoms with van der Waals surface area (Å²) in [6, 6.07) is 3.62. The molecular weight excluding hydrogens is 244 g/mol. The SMILES string of the molecule is Cc1ccc(CNC(=O)CN(C)C(=O)CCl)o1. The van der Waals surface area contributed by atoms with Crippen molar-refractivity contribution in [2.24, 2.45) is 0 Å². The normalized spacial score (nSPS) is 10.1. The zero-order valence-electron chi connectivity index (χ0n) is 9.83. The van der Waals surface area contributed by atoms with Crippen LogP contribution in [0.15, 0.2) is 16.5 Å². The molecule has 0 aliphatic carbocycles. The van der Waals surface area contributed by atoms with Gasteiger partial charge in [-0.05, 0) is 19.1 Å². The Morgan fingerprint density at radius 3 is 2.71 bits per heavy atom. The van der Waals surface area contributed by atoms with E-state index in [9.17, 15) is 9.59 Å². The molecule has 0 atom stereocenters. The van der Waals surface area contributed by atoms with Crippen molar-refractivity contribution in [1.82, 2.24) is 10.2 Å². The minimum Gasteiger partial charge on any atom is -0.465 e. The Balaban J connectivity index is 2.33. The van der Waals surface area contributed by atoms with Crippen LogP contribution >= 0.6 is 11.6 Å². The number of aryl methyl sites for hydroxylation is 1. The van der Waals surface area contributed by atoms with Gasteiger partial charge in [0, 0.05) is 7.05 Å². The molecule has 1 heterocycles. The summed E-state index contributed by atoms with van der Waals surface area (Å²) in [4.78, 5) is 23.9. The zero-order chi connectivity index (χ0) is 12.8. The predicted octanol–water partition coefficient (Wildman–Crippen LogP) is 0.901. The molecular formula is C11H15ClN2O3. The van der Waals surface area contributed by atoms with Crippen molar-refractivity contribution >= 4 is 23.4 Å². The first-order chi connectivity index (χ1) is 8.02. The smallest absolute Gasteiger partial charge is 0.239 e. The molecule has 0 bridgehead atoms. The van der Waals surface area contributed by atoms with Crippen molar-refractivity contribution in [2.75, 3.05) is 19.5 Å². The van der Waals surface area contributed by atoms with Crippen molar-refractivity contribution in [3.05, 3.63) is 23.7 Å². The van der Waals surface area contributed by atoms with E-state index < -0.39 is 0 Å². The molecule has 2 amide bonds. The maximum atomic E-state index is 11.5. The van der Waals surface area contributed by atoms with Gasteiger partial charge >= 0.3 is 0 Å². The van der Waals surface area contributed by atoms with Crippen LogP contribution in [0.4, 0.5) is 0 Å². The Bertz CT molecular complexity index is 403. The van der Waals surface area contributed by atoms with Crippen molar-refractivity contribution in [3.63, 3.8) is 0 Å². The Morgan fingerprint density at radius 2 is 2.18 bits per heavy atom. The first kappa shape index (κ1) is 13.6. The Kier molecular flexibility index (Phi) is 5.03. The third kappa shape index (κ3) is 4.48. The number of alkyl halides is 1. The summed E-state index contributed by atoms with van der Waals surface area (Å²) in [6.45, 7) is 2.14. The summed E-state index contributed by atoms with van der Waals surface area (Å²) in [5, 5.41) is 2.65. The van der Waals surface area contributed by atoms with E-state index in [2.05, 4.69) is 5.32 Å². The van der Waals surface area contributed by atoms with Gasteiger partial charge < -0.3 is 14.6 Å². The molecule has 0 spiro atoms. The van der Waals surface area contributed by atoms with Gasteiger partial charge in [0.1, 0.15) is 17.4 Å². The molecule has 0 fully saturated rings. The van der Waals surface area contributed by atoms with Gasteiger partial charge in [-0.15, -0.1) is 11.6 Å². The van der Waals surface area contributed by atoms with Crippen LogP contribution < -0.4 is 5.32 Å². The number of nitrogens with one attached hydrogen (secondary N) is 1. The van der Waals surface area contributed by atoms with Gasteiger partial charge in [0.15, 0.2) is 0 Å². The first-order valence-electron chi connectivity index (χ1n) is 5.15. The molecule has 0 aliphatic heterocycles. The molecule has 1 rings (SSSR count). The summed E-state index contributed by atoms with van der Waals surface area (Å²) in [5.41, 5.74) is 0. The van der Waals surface area contributed by atoms with Crippen molar-refractivity contribution in [2.45, 2.75) is 13.5 Å². The maximum absolute atomic E-state index is 11.5. The zero-order valence-corrected chi connectivity index (χ0v) is 10.6. The number of likely N-dealkylation sites (N-methyl/N-ethyl adjacent to an activating group) is 1. The van der Waals surface area contributed by atoms with Gasteiger partial charge in [-0.1, -0.05) is 0 Å². The molecule has 0 aliphatic rings. The highest BCUT2D eigenvalue weighted by Gasteiger charge is 2.11. The lowest BCUT2D eigenvalue weighted by Crippen LogP contribution is -2.38. The van der Waals surface area contributed by atoms with Gasteiger partial charge in [0.2, 0.25) is 11.8 Å². The monoisotopic (exact) mass is 258 g/mol. The summed E-state index contributed by atoms with van der Waals surface area (Å²) < 4.78 is 5.29. The highest BCUT2D eigenvalue weighted by Crippen LogP contribution is 2.05. The molecule has 0 saturated carbocycles. The molecule has 1 aromatic heterocycles. The van der Waals surface area contributed by atoms with Gasteiger partial charge in [0.05, 0.1) is 13.1 Å². The topological polar surface area (TPSA) is 62.6 Å². The van der Waals surface area contributed by atoms with Crippen molar-refractivity contribution < 1.29 is 14.0 Å². The maximum Gasteiger partial charge on any atom is 0.239 e. The quantitative estimate of drug-likeness (QED) is 0.799. The van der Waals surface area contributed by atoms with Crippen LogP contribution in [0, 0.1) is 6.92 Å². The van der Waals surface area contributed by atoms with E-state index in [1.165, 1.54) is 11.9 Å². The van der Waals surface area contributed by atoms with Crippen LogP contribution in [0.3, 0.4) is 0 Å². The van der Waals surface area contributed by atoms with Gasteiger partial charge in [-0.25, -0.2) is 0 Å². The largest absolute Gasteiger partial charge is 0.465 e. The van der Waals surface area contributed by atoms with Crippen LogP contribution in [0.1, 0.15) is 11.5 Å². The standard InChI is InChI=1S/C11H15ClN2O3/c1-8-3-4-9(17-8)6-13-10(15)7-14(2)11(16)5-12/h3-4H,5-7H2,1-2H3,(H,13,15). The summed E-state index contributed by atoms with van der Waals surface area (Å²) in [7, 11) is 1.53. The number of carbonyl (C=O) groups is 2. The fourth-order valence-electron chi connectivity index (χ4n) is 1.23. The number of rotatable bonds is 5. The Labute approximate surface area is 105 Å². The van der Waals surface area contributed by atoms with Crippen molar-refractivity contribution in [3.8, 4) is 0 Å².